The van der Waals surface area contributed by atoms with Crippen LogP contribution in [0.3, 0.4) is 0 Å². The molecule has 1 heterocycles. The van der Waals surface area contributed by atoms with Gasteiger partial charge in [0.1, 0.15) is 10.8 Å². The molecule has 3 N–H and O–H groups in total. The van der Waals surface area contributed by atoms with Gasteiger partial charge in [-0.3, -0.25) is 9.59 Å². The zero-order valence-corrected chi connectivity index (χ0v) is 14.7. The zero-order chi connectivity index (χ0) is 17.5. The first-order chi connectivity index (χ1) is 11.5. The zero-order valence-electron chi connectivity index (χ0n) is 12.3. The van der Waals surface area contributed by atoms with Crippen molar-refractivity contribution in [1.82, 2.24) is 0 Å². The third kappa shape index (κ3) is 5.36. The van der Waals surface area contributed by atoms with Gasteiger partial charge in [-0.2, -0.15) is 0 Å². The van der Waals surface area contributed by atoms with Crippen molar-refractivity contribution in [2.75, 3.05) is 18.5 Å². The van der Waals surface area contributed by atoms with Crippen LogP contribution >= 0.6 is 27.3 Å². The molecule has 0 unspecified atom stereocenters. The number of carbonyl (C=O) groups is 3. The molecule has 7 nitrogen and oxygen atoms in total. The van der Waals surface area contributed by atoms with Crippen LogP contribution in [0.2, 0.25) is 0 Å². The van der Waals surface area contributed by atoms with E-state index in [0.29, 0.717) is 10.8 Å². The summed E-state index contributed by atoms with van der Waals surface area (Å²) in [6.07, 6.45) is 0. The quantitative estimate of drug-likeness (QED) is 0.677. The lowest BCUT2D eigenvalue weighted by Crippen LogP contribution is -2.24. The molecule has 1 aromatic carbocycles. The van der Waals surface area contributed by atoms with Crippen molar-refractivity contribution >= 4 is 50.1 Å². The molecular formula is C15H13BrN2O5S. The maximum absolute atomic E-state index is 11.7. The first kappa shape index (κ1) is 18.0. The van der Waals surface area contributed by atoms with Crippen molar-refractivity contribution < 1.29 is 23.9 Å². The normalized spacial score (nSPS) is 10.0. The number of amides is 2. The predicted molar refractivity (Wildman–Crippen MR) is 92.1 cm³/mol. The average molecular weight is 413 g/mol. The third-order valence-corrected chi connectivity index (χ3v) is 4.08. The van der Waals surface area contributed by atoms with E-state index < -0.39 is 24.4 Å². The SMILES string of the molecule is NC(=O)c1ccsc1NC(=O)COC(=O)COc1ccc(Br)cc1. The van der Waals surface area contributed by atoms with E-state index >= 15 is 0 Å². The molecule has 2 aromatic rings. The Bertz CT molecular complexity index is 745. The molecule has 0 bridgehead atoms. The van der Waals surface area contributed by atoms with E-state index in [4.69, 9.17) is 15.2 Å². The molecule has 0 aliphatic rings. The van der Waals surface area contributed by atoms with E-state index in [9.17, 15) is 14.4 Å². The van der Waals surface area contributed by atoms with Gasteiger partial charge >= 0.3 is 5.97 Å². The maximum atomic E-state index is 11.7. The number of hydrogen-bond acceptors (Lipinski definition) is 6. The Morgan fingerprint density at radius 2 is 1.83 bits per heavy atom. The van der Waals surface area contributed by atoms with Crippen molar-refractivity contribution in [3.05, 3.63) is 45.7 Å². The van der Waals surface area contributed by atoms with E-state index in [1.807, 2.05) is 0 Å². The summed E-state index contributed by atoms with van der Waals surface area (Å²) in [6, 6.07) is 8.41. The summed E-state index contributed by atoms with van der Waals surface area (Å²) in [7, 11) is 0. The highest BCUT2D eigenvalue weighted by Gasteiger charge is 2.14. The van der Waals surface area contributed by atoms with Gasteiger partial charge in [-0.25, -0.2) is 4.79 Å². The number of halogens is 1. The largest absolute Gasteiger partial charge is 0.482 e. The van der Waals surface area contributed by atoms with E-state index in [0.717, 1.165) is 15.8 Å². The van der Waals surface area contributed by atoms with Gasteiger partial charge in [-0.05, 0) is 35.7 Å². The van der Waals surface area contributed by atoms with Crippen LogP contribution in [0, 0.1) is 0 Å². The van der Waals surface area contributed by atoms with Crippen LogP contribution in [0.15, 0.2) is 40.2 Å². The standard InChI is InChI=1S/C15H13BrN2O5S/c16-9-1-3-10(4-2-9)22-8-13(20)23-7-12(19)18-15-11(14(17)21)5-6-24-15/h1-6H,7-8H2,(H2,17,21)(H,18,19). The second-order valence-corrected chi connectivity index (χ2v) is 6.31. The number of nitrogens with one attached hydrogen (secondary N) is 1. The lowest BCUT2D eigenvalue weighted by atomic mass is 10.3. The number of primary amides is 1. The first-order valence-corrected chi connectivity index (χ1v) is 8.34. The number of carbonyl (C=O) groups excluding carboxylic acids is 3. The molecule has 0 aliphatic heterocycles. The van der Waals surface area contributed by atoms with Crippen LogP contribution in [0.4, 0.5) is 5.00 Å². The summed E-state index contributed by atoms with van der Waals surface area (Å²) in [6.45, 7) is -0.806. The monoisotopic (exact) mass is 412 g/mol. The summed E-state index contributed by atoms with van der Waals surface area (Å²) in [4.78, 5) is 34.4. The highest BCUT2D eigenvalue weighted by atomic mass is 79.9. The van der Waals surface area contributed by atoms with Crippen LogP contribution in [0.1, 0.15) is 10.4 Å². The molecule has 0 radical (unpaired) electrons. The Hall–Kier alpha value is -2.39. The molecule has 0 saturated carbocycles. The third-order valence-electron chi connectivity index (χ3n) is 2.72. The van der Waals surface area contributed by atoms with Gasteiger partial charge in [0.2, 0.25) is 0 Å². The van der Waals surface area contributed by atoms with E-state index in [1.165, 1.54) is 6.07 Å². The molecule has 9 heteroatoms. The number of benzene rings is 1. The summed E-state index contributed by atoms with van der Waals surface area (Å²) in [5, 5.41) is 4.40. The summed E-state index contributed by atoms with van der Waals surface area (Å²) < 4.78 is 10.9. The number of esters is 1. The molecule has 2 amide bonds. The number of ether oxygens (including phenoxy) is 2. The van der Waals surface area contributed by atoms with Gasteiger partial charge in [0.15, 0.2) is 13.2 Å². The Balaban J connectivity index is 1.75. The van der Waals surface area contributed by atoms with Crippen molar-refractivity contribution in [2.45, 2.75) is 0 Å². The smallest absolute Gasteiger partial charge is 0.344 e. The van der Waals surface area contributed by atoms with Crippen molar-refractivity contribution in [3.8, 4) is 5.75 Å². The first-order valence-electron chi connectivity index (χ1n) is 6.67. The molecule has 1 aromatic heterocycles. The summed E-state index contributed by atoms with van der Waals surface area (Å²) in [5.41, 5.74) is 5.38. The fraction of sp³-hybridized carbons (Fsp3) is 0.133. The topological polar surface area (TPSA) is 108 Å². The fourth-order valence-corrected chi connectivity index (χ4v) is 2.70. The van der Waals surface area contributed by atoms with Crippen LogP contribution in [-0.4, -0.2) is 31.0 Å². The Labute approximate surface area is 149 Å². The minimum atomic E-state index is -0.686. The molecule has 126 valence electrons. The highest BCUT2D eigenvalue weighted by Crippen LogP contribution is 2.22. The molecule has 0 aliphatic carbocycles. The highest BCUT2D eigenvalue weighted by molar-refractivity contribution is 9.10. The lowest BCUT2D eigenvalue weighted by Gasteiger charge is -2.07. The van der Waals surface area contributed by atoms with E-state index in [2.05, 4.69) is 21.2 Å². The minimum Gasteiger partial charge on any atom is -0.482 e. The number of anilines is 1. The van der Waals surface area contributed by atoms with E-state index in [-0.39, 0.29) is 12.2 Å². The fourth-order valence-electron chi connectivity index (χ4n) is 1.62. The van der Waals surface area contributed by atoms with E-state index in [1.54, 1.807) is 29.6 Å². The summed E-state index contributed by atoms with van der Waals surface area (Å²) >= 11 is 4.43. The number of rotatable bonds is 7. The Morgan fingerprint density at radius 3 is 2.50 bits per heavy atom. The lowest BCUT2D eigenvalue weighted by molar-refractivity contribution is -0.149. The number of hydrogen-bond donors (Lipinski definition) is 2. The molecule has 2 rings (SSSR count). The molecule has 0 fully saturated rings. The molecular weight excluding hydrogens is 400 g/mol. The van der Waals surface area contributed by atoms with Crippen LogP contribution < -0.4 is 15.8 Å². The van der Waals surface area contributed by atoms with Gasteiger partial charge in [-0.1, -0.05) is 15.9 Å². The maximum Gasteiger partial charge on any atom is 0.344 e. The van der Waals surface area contributed by atoms with Gasteiger partial charge in [-0.15, -0.1) is 11.3 Å². The predicted octanol–water partition coefficient (Wildman–Crippen LogP) is 2.17. The summed E-state index contributed by atoms with van der Waals surface area (Å²) in [5.74, 6) is -1.40. The second-order valence-electron chi connectivity index (χ2n) is 4.48. The number of nitrogens with two attached hydrogens (primary N) is 1. The Morgan fingerprint density at radius 1 is 1.12 bits per heavy atom. The van der Waals surface area contributed by atoms with Crippen molar-refractivity contribution in [1.29, 1.82) is 0 Å². The van der Waals surface area contributed by atoms with Gasteiger partial charge in [0.25, 0.3) is 11.8 Å². The van der Waals surface area contributed by atoms with Crippen LogP contribution in [0.25, 0.3) is 0 Å². The van der Waals surface area contributed by atoms with Gasteiger partial charge in [0.05, 0.1) is 5.56 Å². The van der Waals surface area contributed by atoms with Crippen molar-refractivity contribution in [3.63, 3.8) is 0 Å². The van der Waals surface area contributed by atoms with Crippen molar-refractivity contribution in [2.24, 2.45) is 5.73 Å². The average Bonchev–Trinajstić information content (AvgIpc) is 3.00. The molecule has 0 saturated heterocycles. The molecule has 24 heavy (non-hydrogen) atoms. The molecule has 0 spiro atoms. The van der Waals surface area contributed by atoms with Gasteiger partial charge in [0, 0.05) is 4.47 Å². The minimum absolute atomic E-state index is 0.207. The van der Waals surface area contributed by atoms with Crippen LogP contribution in [0.5, 0.6) is 5.75 Å². The van der Waals surface area contributed by atoms with Gasteiger partial charge < -0.3 is 20.5 Å². The molecule has 0 atom stereocenters. The second kappa shape index (κ2) is 8.46. The Kier molecular flexibility index (Phi) is 6.33. The van der Waals surface area contributed by atoms with Crippen LogP contribution in [-0.2, 0) is 14.3 Å². The number of thiophene rings is 1.